The Morgan fingerprint density at radius 1 is 1.03 bits per heavy atom. The van der Waals surface area contributed by atoms with Gasteiger partial charge in [0.05, 0.1) is 4.90 Å². The summed E-state index contributed by atoms with van der Waals surface area (Å²) in [5.41, 5.74) is 0.690. The maximum Gasteiger partial charge on any atom is 0.243 e. The van der Waals surface area contributed by atoms with E-state index in [-0.39, 0.29) is 35.6 Å². The standard InChI is InChI=1S/C23H24F2N4O3S/c1-28-15-12-26-22(28)21(16-2-4-18(24)5-3-16)27-23(30)17-10-13-29(14-11-17)33(31,32)20-8-6-19(25)7-9-20/h2-9,12,15,17,21H,10-11,13-14H2,1H3,(H,27,30)/t21-/m1/s1. The van der Waals surface area contributed by atoms with Crippen LogP contribution >= 0.6 is 0 Å². The molecular weight excluding hydrogens is 450 g/mol. The molecule has 3 aromatic rings. The normalized spacial score (nSPS) is 16.5. The number of carbonyl (C=O) groups excluding carboxylic acids is 1. The van der Waals surface area contributed by atoms with Gasteiger partial charge in [0.2, 0.25) is 15.9 Å². The number of hydrogen-bond donors (Lipinski definition) is 1. The minimum absolute atomic E-state index is 0.0259. The molecule has 1 N–H and O–H groups in total. The Morgan fingerprint density at radius 3 is 2.15 bits per heavy atom. The first-order valence-electron chi connectivity index (χ1n) is 10.5. The van der Waals surface area contributed by atoms with Gasteiger partial charge >= 0.3 is 0 Å². The van der Waals surface area contributed by atoms with Crippen molar-refractivity contribution in [2.75, 3.05) is 13.1 Å². The second-order valence-corrected chi connectivity index (χ2v) is 9.96. The highest BCUT2D eigenvalue weighted by molar-refractivity contribution is 7.89. The van der Waals surface area contributed by atoms with E-state index in [1.54, 1.807) is 29.1 Å². The third-order valence-corrected chi connectivity index (χ3v) is 7.80. The summed E-state index contributed by atoms with van der Waals surface area (Å²) in [7, 11) is -1.94. The molecule has 10 heteroatoms. The van der Waals surface area contributed by atoms with Crippen molar-refractivity contribution in [1.29, 1.82) is 0 Å². The van der Waals surface area contributed by atoms with Gasteiger partial charge in [-0.05, 0) is 54.8 Å². The van der Waals surface area contributed by atoms with Crippen LogP contribution < -0.4 is 5.32 Å². The fourth-order valence-corrected chi connectivity index (χ4v) is 5.45. The number of hydrogen-bond acceptors (Lipinski definition) is 4. The second kappa shape index (κ2) is 9.40. The molecule has 0 aliphatic carbocycles. The smallest absolute Gasteiger partial charge is 0.243 e. The van der Waals surface area contributed by atoms with E-state index in [9.17, 15) is 22.0 Å². The van der Waals surface area contributed by atoms with Gasteiger partial charge in [-0.15, -0.1) is 0 Å². The molecule has 2 aromatic carbocycles. The molecule has 0 saturated carbocycles. The van der Waals surface area contributed by atoms with E-state index in [4.69, 9.17) is 0 Å². The first-order chi connectivity index (χ1) is 15.8. The molecule has 4 rings (SSSR count). The topological polar surface area (TPSA) is 84.3 Å². The summed E-state index contributed by atoms with van der Waals surface area (Å²) in [5, 5.41) is 3.00. The van der Waals surface area contributed by atoms with Gasteiger partial charge in [0.25, 0.3) is 0 Å². The number of nitrogens with one attached hydrogen (secondary N) is 1. The van der Waals surface area contributed by atoms with E-state index in [1.807, 2.05) is 7.05 Å². The van der Waals surface area contributed by atoms with Crippen LogP contribution in [-0.4, -0.2) is 41.3 Å². The Hall–Kier alpha value is -3.11. The van der Waals surface area contributed by atoms with Gasteiger partial charge in [-0.3, -0.25) is 4.79 Å². The second-order valence-electron chi connectivity index (χ2n) is 8.02. The summed E-state index contributed by atoms with van der Waals surface area (Å²) in [4.78, 5) is 17.5. The average molecular weight is 475 g/mol. The van der Waals surface area contributed by atoms with Gasteiger partial charge in [-0.2, -0.15) is 4.31 Å². The zero-order chi connectivity index (χ0) is 23.6. The van der Waals surface area contributed by atoms with Crippen molar-refractivity contribution in [2.24, 2.45) is 13.0 Å². The van der Waals surface area contributed by atoms with Gasteiger partial charge in [0, 0.05) is 38.4 Å². The highest BCUT2D eigenvalue weighted by Crippen LogP contribution is 2.26. The van der Waals surface area contributed by atoms with Crippen molar-refractivity contribution in [2.45, 2.75) is 23.8 Å². The zero-order valence-corrected chi connectivity index (χ0v) is 18.8. The van der Waals surface area contributed by atoms with Crippen LogP contribution in [0.1, 0.15) is 30.3 Å². The number of rotatable bonds is 6. The van der Waals surface area contributed by atoms with Crippen molar-refractivity contribution in [3.05, 3.63) is 83.9 Å². The lowest BCUT2D eigenvalue weighted by Gasteiger charge is -2.31. The Labute approximate surface area is 191 Å². The molecule has 0 unspecified atom stereocenters. The molecule has 1 amide bonds. The van der Waals surface area contributed by atoms with Gasteiger partial charge in [0.1, 0.15) is 23.5 Å². The minimum Gasteiger partial charge on any atom is -0.342 e. The SMILES string of the molecule is Cn1ccnc1[C@H](NC(=O)C1CCN(S(=O)(=O)c2ccc(F)cc2)CC1)c1ccc(F)cc1. The predicted octanol–water partition coefficient (Wildman–Crippen LogP) is 3.00. The molecule has 33 heavy (non-hydrogen) atoms. The zero-order valence-electron chi connectivity index (χ0n) is 18.0. The third kappa shape index (κ3) is 4.96. The molecule has 0 spiro atoms. The van der Waals surface area contributed by atoms with Crippen LogP contribution in [0.25, 0.3) is 0 Å². The van der Waals surface area contributed by atoms with Gasteiger partial charge in [-0.25, -0.2) is 22.2 Å². The number of carbonyl (C=O) groups is 1. The molecule has 0 bridgehead atoms. The predicted molar refractivity (Wildman–Crippen MR) is 117 cm³/mol. The summed E-state index contributed by atoms with van der Waals surface area (Å²) in [6, 6.07) is 10.00. The van der Waals surface area contributed by atoms with E-state index in [0.717, 1.165) is 12.1 Å². The van der Waals surface area contributed by atoms with Crippen molar-refractivity contribution < 1.29 is 22.0 Å². The molecule has 2 heterocycles. The Morgan fingerprint density at radius 2 is 1.61 bits per heavy atom. The average Bonchev–Trinajstić information content (AvgIpc) is 3.24. The summed E-state index contributed by atoms with van der Waals surface area (Å²) in [5.74, 6) is -0.878. The molecule has 174 valence electrons. The Balaban J connectivity index is 1.45. The van der Waals surface area contributed by atoms with Crippen LogP contribution in [0.4, 0.5) is 8.78 Å². The molecular formula is C23H24F2N4O3S. The van der Waals surface area contributed by atoms with Crippen LogP contribution in [0.5, 0.6) is 0 Å². The summed E-state index contributed by atoms with van der Waals surface area (Å²) in [6.07, 6.45) is 4.08. The lowest BCUT2D eigenvalue weighted by molar-refractivity contribution is -0.126. The number of amides is 1. The monoisotopic (exact) mass is 474 g/mol. The first-order valence-corrected chi connectivity index (χ1v) is 12.0. The fraction of sp³-hybridized carbons (Fsp3) is 0.304. The maximum atomic E-state index is 13.4. The quantitative estimate of drug-likeness (QED) is 0.595. The molecule has 1 saturated heterocycles. The number of sulfonamides is 1. The van der Waals surface area contributed by atoms with Crippen molar-refractivity contribution in [3.63, 3.8) is 0 Å². The van der Waals surface area contributed by atoms with Gasteiger partial charge < -0.3 is 9.88 Å². The minimum atomic E-state index is -3.75. The Kier molecular flexibility index (Phi) is 6.57. The van der Waals surface area contributed by atoms with Crippen molar-refractivity contribution >= 4 is 15.9 Å². The maximum absolute atomic E-state index is 13.4. The molecule has 7 nitrogen and oxygen atoms in total. The van der Waals surface area contributed by atoms with Gasteiger partial charge in [-0.1, -0.05) is 12.1 Å². The highest BCUT2D eigenvalue weighted by Gasteiger charge is 2.33. The number of piperidine rings is 1. The van der Waals surface area contributed by atoms with Crippen LogP contribution in [-0.2, 0) is 21.9 Å². The first kappa shape index (κ1) is 23.1. The number of aromatic nitrogens is 2. The summed E-state index contributed by atoms with van der Waals surface area (Å²) < 4.78 is 55.3. The molecule has 0 radical (unpaired) electrons. The lowest BCUT2D eigenvalue weighted by atomic mass is 9.96. The number of nitrogens with zero attached hydrogens (tertiary/aromatic N) is 3. The molecule has 1 aliphatic rings. The summed E-state index contributed by atoms with van der Waals surface area (Å²) in [6.45, 7) is 0.364. The molecule has 1 atom stereocenters. The Bertz CT molecular complexity index is 1220. The molecule has 1 aromatic heterocycles. The number of benzene rings is 2. The lowest BCUT2D eigenvalue weighted by Crippen LogP contribution is -2.44. The van der Waals surface area contributed by atoms with Crippen LogP contribution in [0.2, 0.25) is 0 Å². The van der Waals surface area contributed by atoms with Crippen molar-refractivity contribution in [1.82, 2.24) is 19.2 Å². The van der Waals surface area contributed by atoms with E-state index in [2.05, 4.69) is 10.3 Å². The fourth-order valence-electron chi connectivity index (χ4n) is 3.98. The van der Waals surface area contributed by atoms with E-state index >= 15 is 0 Å². The van der Waals surface area contributed by atoms with E-state index in [0.29, 0.717) is 24.2 Å². The van der Waals surface area contributed by atoms with E-state index in [1.165, 1.54) is 28.6 Å². The summed E-state index contributed by atoms with van der Waals surface area (Å²) >= 11 is 0. The molecule has 1 aliphatic heterocycles. The largest absolute Gasteiger partial charge is 0.342 e. The van der Waals surface area contributed by atoms with Gasteiger partial charge in [0.15, 0.2) is 0 Å². The van der Waals surface area contributed by atoms with Crippen LogP contribution in [0, 0.1) is 17.6 Å². The number of halogens is 2. The highest BCUT2D eigenvalue weighted by atomic mass is 32.2. The molecule has 1 fully saturated rings. The van der Waals surface area contributed by atoms with E-state index < -0.39 is 21.9 Å². The third-order valence-electron chi connectivity index (χ3n) is 5.88. The number of aryl methyl sites for hydroxylation is 1. The number of imidazole rings is 1. The van der Waals surface area contributed by atoms with Crippen molar-refractivity contribution in [3.8, 4) is 0 Å². The van der Waals surface area contributed by atoms with Crippen LogP contribution in [0.15, 0.2) is 65.8 Å². The van der Waals surface area contributed by atoms with Crippen LogP contribution in [0.3, 0.4) is 0 Å².